The summed E-state index contributed by atoms with van der Waals surface area (Å²) < 4.78 is 28.5. The first-order valence-corrected chi connectivity index (χ1v) is 11.7. The molecule has 12 heteroatoms. The zero-order valence-corrected chi connectivity index (χ0v) is 21.2. The molecule has 1 aliphatic heterocycles. The van der Waals surface area contributed by atoms with Crippen LogP contribution in [-0.4, -0.2) is 50.5 Å². The van der Waals surface area contributed by atoms with Crippen molar-refractivity contribution in [2.45, 2.75) is 0 Å². The summed E-state index contributed by atoms with van der Waals surface area (Å²) in [4.78, 5) is 62.8. The van der Waals surface area contributed by atoms with Gasteiger partial charge in [0.1, 0.15) is 11.4 Å². The van der Waals surface area contributed by atoms with Crippen LogP contribution in [-0.2, 0) is 19.1 Å². The summed E-state index contributed by atoms with van der Waals surface area (Å²) in [6.07, 6.45) is 1.27. The van der Waals surface area contributed by atoms with E-state index in [1.54, 1.807) is 0 Å². The Hall–Kier alpha value is -5.52. The van der Waals surface area contributed by atoms with Crippen molar-refractivity contribution >= 4 is 47.2 Å². The van der Waals surface area contributed by atoms with Crippen molar-refractivity contribution in [1.29, 1.82) is 0 Å². The maximum Gasteiger partial charge on any atom is 0.337 e. The number of ether oxygens (including phenoxy) is 3. The number of benzene rings is 3. The molecule has 0 aromatic heterocycles. The largest absolute Gasteiger partial charge is 0.493 e. The Bertz CT molecular complexity index is 1520. The first-order valence-electron chi connectivity index (χ1n) is 11.7. The molecule has 0 bridgehead atoms. The fourth-order valence-corrected chi connectivity index (χ4v) is 3.69. The van der Waals surface area contributed by atoms with Crippen molar-refractivity contribution in [2.24, 2.45) is 0 Å². The highest BCUT2D eigenvalue weighted by Gasteiger charge is 2.37. The second-order valence-electron chi connectivity index (χ2n) is 8.25. The number of nitrogens with zero attached hydrogens (tertiary/aromatic N) is 1. The van der Waals surface area contributed by atoms with E-state index in [0.29, 0.717) is 11.3 Å². The number of carbonyl (C=O) groups is 5. The van der Waals surface area contributed by atoms with E-state index in [4.69, 9.17) is 9.47 Å². The number of nitrogens with one attached hydrogen (secondary N) is 2. The van der Waals surface area contributed by atoms with Gasteiger partial charge in [-0.25, -0.2) is 18.9 Å². The summed E-state index contributed by atoms with van der Waals surface area (Å²) in [6, 6.07) is 14.3. The topological polar surface area (TPSA) is 140 Å². The first-order chi connectivity index (χ1) is 19.2. The summed E-state index contributed by atoms with van der Waals surface area (Å²) in [5.74, 6) is -2.87. The second-order valence-corrected chi connectivity index (χ2v) is 8.25. The number of hydrogen-bond donors (Lipinski definition) is 2. The van der Waals surface area contributed by atoms with Crippen molar-refractivity contribution < 1.29 is 42.6 Å². The Kier molecular flexibility index (Phi) is 8.19. The molecule has 204 valence electrons. The Morgan fingerprint density at radius 1 is 0.950 bits per heavy atom. The van der Waals surface area contributed by atoms with Crippen molar-refractivity contribution in [3.8, 4) is 11.5 Å². The monoisotopic (exact) mass is 547 g/mol. The van der Waals surface area contributed by atoms with Crippen LogP contribution < -0.4 is 25.0 Å². The molecule has 3 aromatic carbocycles. The van der Waals surface area contributed by atoms with Crippen molar-refractivity contribution in [1.82, 2.24) is 5.32 Å². The quantitative estimate of drug-likeness (QED) is 0.249. The minimum Gasteiger partial charge on any atom is -0.493 e. The van der Waals surface area contributed by atoms with E-state index in [1.807, 2.05) is 0 Å². The number of anilines is 2. The summed E-state index contributed by atoms with van der Waals surface area (Å²) in [5.41, 5.74) is 0.783. The fourth-order valence-electron chi connectivity index (χ4n) is 3.69. The van der Waals surface area contributed by atoms with E-state index in [2.05, 4.69) is 15.4 Å². The van der Waals surface area contributed by atoms with E-state index in [-0.39, 0.29) is 34.9 Å². The van der Waals surface area contributed by atoms with Gasteiger partial charge in [-0.3, -0.25) is 19.7 Å². The molecule has 0 atom stereocenters. The van der Waals surface area contributed by atoms with E-state index >= 15 is 0 Å². The lowest BCUT2D eigenvalue weighted by Gasteiger charge is -2.26. The minimum atomic E-state index is -0.946. The van der Waals surface area contributed by atoms with Gasteiger partial charge in [0.2, 0.25) is 0 Å². The van der Waals surface area contributed by atoms with E-state index in [0.717, 1.165) is 4.90 Å². The zero-order valence-electron chi connectivity index (χ0n) is 21.2. The fraction of sp³-hybridized carbons (Fsp3) is 0.107. The number of halogens is 1. The number of rotatable bonds is 8. The third-order valence-corrected chi connectivity index (χ3v) is 5.63. The number of methoxy groups -OCH3 is 2. The SMILES string of the molecule is COC(=O)c1ccc(N2C(=O)NC(=O)/C(=C/c3ccc(OCC(=O)Nc4ccc(F)cc4)c(OC)c3)C2=O)cc1. The Balaban J connectivity index is 1.50. The van der Waals surface area contributed by atoms with Crippen LogP contribution in [0.25, 0.3) is 6.08 Å². The van der Waals surface area contributed by atoms with E-state index in [1.165, 1.54) is 87.0 Å². The number of hydrogen-bond acceptors (Lipinski definition) is 8. The van der Waals surface area contributed by atoms with E-state index in [9.17, 15) is 28.4 Å². The molecule has 1 saturated heterocycles. The minimum absolute atomic E-state index is 0.133. The molecule has 11 nitrogen and oxygen atoms in total. The van der Waals surface area contributed by atoms with Crippen molar-refractivity contribution in [3.05, 3.63) is 89.2 Å². The summed E-state index contributed by atoms with van der Waals surface area (Å²) in [7, 11) is 2.59. The molecule has 0 unspecified atom stereocenters. The van der Waals surface area contributed by atoms with Gasteiger partial charge in [0, 0.05) is 5.69 Å². The number of urea groups is 1. The maximum atomic E-state index is 13.2. The van der Waals surface area contributed by atoms with Gasteiger partial charge in [-0.15, -0.1) is 0 Å². The van der Waals surface area contributed by atoms with Crippen LogP contribution in [0.4, 0.5) is 20.6 Å². The highest BCUT2D eigenvalue weighted by Crippen LogP contribution is 2.30. The number of amides is 5. The predicted octanol–water partition coefficient (Wildman–Crippen LogP) is 3.30. The third kappa shape index (κ3) is 6.13. The molecular formula is C28H22FN3O8. The number of esters is 1. The van der Waals surface area contributed by atoms with Gasteiger partial charge < -0.3 is 19.5 Å². The van der Waals surface area contributed by atoms with Crippen LogP contribution in [0.2, 0.25) is 0 Å². The van der Waals surface area contributed by atoms with Crippen molar-refractivity contribution in [3.63, 3.8) is 0 Å². The van der Waals surface area contributed by atoms with Gasteiger partial charge >= 0.3 is 12.0 Å². The smallest absolute Gasteiger partial charge is 0.337 e. The lowest BCUT2D eigenvalue weighted by Crippen LogP contribution is -2.54. The lowest BCUT2D eigenvalue weighted by molar-refractivity contribution is -0.122. The predicted molar refractivity (Wildman–Crippen MR) is 140 cm³/mol. The van der Waals surface area contributed by atoms with Crippen LogP contribution >= 0.6 is 0 Å². The van der Waals surface area contributed by atoms with Crippen LogP contribution in [0.1, 0.15) is 15.9 Å². The van der Waals surface area contributed by atoms with Gasteiger partial charge in [0.25, 0.3) is 17.7 Å². The highest BCUT2D eigenvalue weighted by atomic mass is 19.1. The zero-order chi connectivity index (χ0) is 28.8. The molecule has 1 aliphatic rings. The summed E-state index contributed by atoms with van der Waals surface area (Å²) in [5, 5.41) is 4.69. The number of barbiturate groups is 1. The summed E-state index contributed by atoms with van der Waals surface area (Å²) in [6.45, 7) is -0.374. The van der Waals surface area contributed by atoms with E-state index < -0.39 is 35.5 Å². The maximum absolute atomic E-state index is 13.2. The molecule has 0 radical (unpaired) electrons. The summed E-state index contributed by atoms with van der Waals surface area (Å²) >= 11 is 0. The molecule has 5 amide bonds. The molecule has 4 rings (SSSR count). The third-order valence-electron chi connectivity index (χ3n) is 5.63. The molecule has 0 aliphatic carbocycles. The average Bonchev–Trinajstić information content (AvgIpc) is 2.95. The molecular weight excluding hydrogens is 525 g/mol. The van der Waals surface area contributed by atoms with Crippen LogP contribution in [0, 0.1) is 5.82 Å². The van der Waals surface area contributed by atoms with Crippen LogP contribution in [0.15, 0.2) is 72.3 Å². The molecule has 40 heavy (non-hydrogen) atoms. The normalized spacial score (nSPS) is 14.0. The molecule has 0 spiro atoms. The highest BCUT2D eigenvalue weighted by molar-refractivity contribution is 6.39. The molecule has 0 saturated carbocycles. The van der Waals surface area contributed by atoms with Crippen LogP contribution in [0.3, 0.4) is 0 Å². The Morgan fingerprint density at radius 3 is 2.30 bits per heavy atom. The lowest BCUT2D eigenvalue weighted by atomic mass is 10.1. The Morgan fingerprint density at radius 2 is 1.65 bits per heavy atom. The Labute approximate surface area is 227 Å². The molecule has 1 fully saturated rings. The van der Waals surface area contributed by atoms with Gasteiger partial charge in [-0.1, -0.05) is 6.07 Å². The standard InChI is InChI=1S/C28H22FN3O8/c1-38-23-14-16(3-12-22(23)40-15-24(33)30-19-8-6-18(29)7-9-19)13-21-25(34)31-28(37)32(26(21)35)20-10-4-17(5-11-20)27(36)39-2/h3-14H,15H2,1-2H3,(H,30,33)(H,31,34,37)/b21-13-. The van der Waals surface area contributed by atoms with Gasteiger partial charge in [0.15, 0.2) is 18.1 Å². The van der Waals surface area contributed by atoms with Gasteiger partial charge in [0.05, 0.1) is 25.5 Å². The molecule has 2 N–H and O–H groups in total. The number of imide groups is 2. The molecule has 3 aromatic rings. The second kappa shape index (κ2) is 11.9. The number of carbonyl (C=O) groups excluding carboxylic acids is 5. The first kappa shape index (κ1) is 27.5. The average molecular weight is 547 g/mol. The van der Waals surface area contributed by atoms with Gasteiger partial charge in [-0.2, -0.15) is 0 Å². The van der Waals surface area contributed by atoms with Gasteiger partial charge in [-0.05, 0) is 72.3 Å². The van der Waals surface area contributed by atoms with Crippen molar-refractivity contribution in [2.75, 3.05) is 31.0 Å². The molecule has 1 heterocycles. The van der Waals surface area contributed by atoms with Crippen LogP contribution in [0.5, 0.6) is 11.5 Å².